The van der Waals surface area contributed by atoms with Crippen LogP contribution in [0.5, 0.6) is 5.75 Å². The van der Waals surface area contributed by atoms with E-state index < -0.39 is 0 Å². The zero-order valence-corrected chi connectivity index (χ0v) is 16.9. The van der Waals surface area contributed by atoms with Gasteiger partial charge in [-0.15, -0.1) is 0 Å². The maximum atomic E-state index is 12.3. The van der Waals surface area contributed by atoms with Crippen LogP contribution in [0.4, 0.5) is 17.1 Å². The van der Waals surface area contributed by atoms with E-state index in [1.807, 2.05) is 42.5 Å². The van der Waals surface area contributed by atoms with E-state index in [4.69, 9.17) is 4.74 Å². The molecule has 3 N–H and O–H groups in total. The number of carbonyl (C=O) groups excluding carboxylic acids is 2. The SMILES string of the molecule is CCCOc1ccc(NCC(=O)Nc2cccc(NC(=O)c3ccccc3)c2)cc1. The number of nitrogens with one attached hydrogen (secondary N) is 3. The molecule has 3 aromatic rings. The minimum Gasteiger partial charge on any atom is -0.494 e. The van der Waals surface area contributed by atoms with E-state index in [0.29, 0.717) is 23.5 Å². The van der Waals surface area contributed by atoms with Crippen LogP contribution in [-0.4, -0.2) is 25.0 Å². The van der Waals surface area contributed by atoms with Gasteiger partial charge in [0, 0.05) is 22.6 Å². The second-order valence-corrected chi connectivity index (χ2v) is 6.68. The molecule has 0 atom stereocenters. The highest BCUT2D eigenvalue weighted by Crippen LogP contribution is 2.17. The van der Waals surface area contributed by atoms with Crippen LogP contribution in [0.15, 0.2) is 78.9 Å². The summed E-state index contributed by atoms with van der Waals surface area (Å²) in [5, 5.41) is 8.74. The van der Waals surface area contributed by atoms with Crippen LogP contribution in [0.2, 0.25) is 0 Å². The lowest BCUT2D eigenvalue weighted by Gasteiger charge is -2.11. The van der Waals surface area contributed by atoms with Crippen molar-refractivity contribution in [1.82, 2.24) is 0 Å². The van der Waals surface area contributed by atoms with Crippen molar-refractivity contribution in [2.75, 3.05) is 29.1 Å². The first-order chi connectivity index (χ1) is 14.6. The summed E-state index contributed by atoms with van der Waals surface area (Å²) in [6.07, 6.45) is 0.956. The molecule has 30 heavy (non-hydrogen) atoms. The van der Waals surface area contributed by atoms with Gasteiger partial charge in [-0.1, -0.05) is 31.2 Å². The Labute approximate surface area is 176 Å². The molecule has 0 aliphatic rings. The van der Waals surface area contributed by atoms with Crippen molar-refractivity contribution in [1.29, 1.82) is 0 Å². The minimum atomic E-state index is -0.202. The highest BCUT2D eigenvalue weighted by Gasteiger charge is 2.07. The molecule has 3 aromatic carbocycles. The number of benzene rings is 3. The van der Waals surface area contributed by atoms with Gasteiger partial charge < -0.3 is 20.7 Å². The van der Waals surface area contributed by atoms with Gasteiger partial charge >= 0.3 is 0 Å². The molecule has 0 aliphatic heterocycles. The Morgan fingerprint density at radius 2 is 1.50 bits per heavy atom. The highest BCUT2D eigenvalue weighted by molar-refractivity contribution is 6.04. The Morgan fingerprint density at radius 3 is 2.20 bits per heavy atom. The molecule has 6 nitrogen and oxygen atoms in total. The molecule has 0 bridgehead atoms. The maximum absolute atomic E-state index is 12.3. The Morgan fingerprint density at radius 1 is 0.800 bits per heavy atom. The standard InChI is InChI=1S/C24H25N3O3/c1-2-15-30-22-13-11-19(12-14-22)25-17-23(28)26-20-9-6-10-21(16-20)27-24(29)18-7-4-3-5-8-18/h3-14,16,25H,2,15,17H2,1H3,(H,26,28)(H,27,29). The molecular formula is C24H25N3O3. The van der Waals surface area contributed by atoms with Gasteiger partial charge in [-0.25, -0.2) is 0 Å². The molecule has 3 rings (SSSR count). The largest absolute Gasteiger partial charge is 0.494 e. The predicted octanol–water partition coefficient (Wildman–Crippen LogP) is 4.78. The molecule has 0 aromatic heterocycles. The third kappa shape index (κ3) is 6.38. The van der Waals surface area contributed by atoms with Gasteiger partial charge in [-0.2, -0.15) is 0 Å². The van der Waals surface area contributed by atoms with Crippen LogP contribution < -0.4 is 20.7 Å². The average Bonchev–Trinajstić information content (AvgIpc) is 2.78. The molecule has 0 spiro atoms. The zero-order chi connectivity index (χ0) is 21.2. The topological polar surface area (TPSA) is 79.5 Å². The van der Waals surface area contributed by atoms with Gasteiger partial charge in [0.1, 0.15) is 5.75 Å². The molecule has 0 unspecified atom stereocenters. The molecule has 0 radical (unpaired) electrons. The smallest absolute Gasteiger partial charge is 0.255 e. The fraction of sp³-hybridized carbons (Fsp3) is 0.167. The fourth-order valence-corrected chi connectivity index (χ4v) is 2.74. The fourth-order valence-electron chi connectivity index (χ4n) is 2.74. The van der Waals surface area contributed by atoms with Crippen LogP contribution in [0.25, 0.3) is 0 Å². The van der Waals surface area contributed by atoms with Gasteiger partial charge in [-0.3, -0.25) is 9.59 Å². The van der Waals surface area contributed by atoms with E-state index in [2.05, 4.69) is 22.9 Å². The highest BCUT2D eigenvalue weighted by atomic mass is 16.5. The Hall–Kier alpha value is -3.80. The van der Waals surface area contributed by atoms with E-state index in [-0.39, 0.29) is 18.4 Å². The summed E-state index contributed by atoms with van der Waals surface area (Å²) in [5.41, 5.74) is 2.62. The molecule has 0 saturated carbocycles. The summed E-state index contributed by atoms with van der Waals surface area (Å²) < 4.78 is 5.54. The quantitative estimate of drug-likeness (QED) is 0.480. The second-order valence-electron chi connectivity index (χ2n) is 6.68. The van der Waals surface area contributed by atoms with E-state index in [0.717, 1.165) is 17.9 Å². The summed E-state index contributed by atoms with van der Waals surface area (Å²) in [5.74, 6) is 0.418. The Bertz CT molecular complexity index is 973. The number of ether oxygens (including phenoxy) is 1. The van der Waals surface area contributed by atoms with Gasteiger partial charge in [0.2, 0.25) is 5.91 Å². The second kappa shape index (κ2) is 10.7. The lowest BCUT2D eigenvalue weighted by atomic mass is 10.2. The number of anilines is 3. The van der Waals surface area contributed by atoms with E-state index in [9.17, 15) is 9.59 Å². The summed E-state index contributed by atoms with van der Waals surface area (Å²) in [6.45, 7) is 2.86. The summed E-state index contributed by atoms with van der Waals surface area (Å²) >= 11 is 0. The number of amides is 2. The lowest BCUT2D eigenvalue weighted by molar-refractivity contribution is -0.114. The first-order valence-electron chi connectivity index (χ1n) is 9.87. The Balaban J connectivity index is 1.50. The van der Waals surface area contributed by atoms with Crippen molar-refractivity contribution in [3.63, 3.8) is 0 Å². The third-order valence-corrected chi connectivity index (χ3v) is 4.22. The summed E-state index contributed by atoms with van der Waals surface area (Å²) in [7, 11) is 0. The van der Waals surface area contributed by atoms with Gasteiger partial charge in [0.15, 0.2) is 0 Å². The number of hydrogen-bond acceptors (Lipinski definition) is 4. The molecule has 6 heteroatoms. The van der Waals surface area contributed by atoms with Crippen molar-refractivity contribution in [3.05, 3.63) is 84.4 Å². The predicted molar refractivity (Wildman–Crippen MR) is 120 cm³/mol. The van der Waals surface area contributed by atoms with Crippen LogP contribution in [-0.2, 0) is 4.79 Å². The van der Waals surface area contributed by atoms with E-state index in [1.165, 1.54) is 0 Å². The van der Waals surface area contributed by atoms with Crippen molar-refractivity contribution in [3.8, 4) is 5.75 Å². The molecule has 0 aliphatic carbocycles. The molecular weight excluding hydrogens is 378 g/mol. The summed E-state index contributed by atoms with van der Waals surface area (Å²) in [6, 6.07) is 23.5. The minimum absolute atomic E-state index is 0.121. The van der Waals surface area contributed by atoms with Crippen LogP contribution >= 0.6 is 0 Å². The average molecular weight is 403 g/mol. The monoisotopic (exact) mass is 403 g/mol. The van der Waals surface area contributed by atoms with Gasteiger partial charge in [0.25, 0.3) is 5.91 Å². The number of hydrogen-bond donors (Lipinski definition) is 3. The molecule has 2 amide bonds. The van der Waals surface area contributed by atoms with Gasteiger partial charge in [0.05, 0.1) is 13.2 Å². The van der Waals surface area contributed by atoms with Crippen molar-refractivity contribution < 1.29 is 14.3 Å². The number of rotatable bonds is 9. The maximum Gasteiger partial charge on any atom is 0.255 e. The zero-order valence-electron chi connectivity index (χ0n) is 16.9. The van der Waals surface area contributed by atoms with Crippen LogP contribution in [0.3, 0.4) is 0 Å². The van der Waals surface area contributed by atoms with Gasteiger partial charge in [-0.05, 0) is 61.0 Å². The molecule has 0 fully saturated rings. The number of carbonyl (C=O) groups is 2. The van der Waals surface area contributed by atoms with Crippen molar-refractivity contribution >= 4 is 28.9 Å². The Kier molecular flexibility index (Phi) is 7.44. The summed E-state index contributed by atoms with van der Waals surface area (Å²) in [4.78, 5) is 24.5. The van der Waals surface area contributed by atoms with Crippen molar-refractivity contribution in [2.45, 2.75) is 13.3 Å². The van der Waals surface area contributed by atoms with Crippen LogP contribution in [0.1, 0.15) is 23.7 Å². The van der Waals surface area contributed by atoms with E-state index >= 15 is 0 Å². The first-order valence-corrected chi connectivity index (χ1v) is 9.87. The first kappa shape index (κ1) is 20.9. The van der Waals surface area contributed by atoms with E-state index in [1.54, 1.807) is 36.4 Å². The molecule has 0 saturated heterocycles. The lowest BCUT2D eigenvalue weighted by Crippen LogP contribution is -2.21. The normalized spacial score (nSPS) is 10.2. The molecule has 154 valence electrons. The van der Waals surface area contributed by atoms with Crippen molar-refractivity contribution in [2.24, 2.45) is 0 Å². The third-order valence-electron chi connectivity index (χ3n) is 4.22. The molecule has 0 heterocycles. The van der Waals surface area contributed by atoms with Crippen LogP contribution in [0, 0.1) is 0 Å².